The van der Waals surface area contributed by atoms with E-state index in [1.54, 1.807) is 6.19 Å². The van der Waals surface area contributed by atoms with Gasteiger partial charge in [0.05, 0.1) is 6.10 Å². The largest absolute Gasteiger partial charge is 0.393 e. The molecule has 0 aliphatic carbocycles. The topological polar surface area (TPSA) is 82.4 Å². The number of alkyl halides is 1. The second-order valence-corrected chi connectivity index (χ2v) is 6.50. The molecule has 0 bridgehead atoms. The molecule has 0 aliphatic heterocycles. The van der Waals surface area contributed by atoms with Crippen LogP contribution in [0.4, 0.5) is 4.39 Å². The minimum Gasteiger partial charge on any atom is -0.393 e. The number of amidine groups is 1. The van der Waals surface area contributed by atoms with E-state index in [1.165, 1.54) is 13.8 Å². The molecule has 5 heteroatoms. The summed E-state index contributed by atoms with van der Waals surface area (Å²) in [6, 6.07) is 9.91. The molecule has 1 aromatic rings. The van der Waals surface area contributed by atoms with E-state index in [4.69, 9.17) is 11.0 Å². The van der Waals surface area contributed by atoms with Crippen molar-refractivity contribution in [3.63, 3.8) is 0 Å². The van der Waals surface area contributed by atoms with Crippen LogP contribution in [0.25, 0.3) is 0 Å². The first-order chi connectivity index (χ1) is 10.8. The first-order valence-corrected chi connectivity index (χ1v) is 7.95. The lowest BCUT2D eigenvalue weighted by Gasteiger charge is -2.22. The molecule has 23 heavy (non-hydrogen) atoms. The predicted octanol–water partition coefficient (Wildman–Crippen LogP) is 3.35. The number of aliphatic hydroxyl groups excluding tert-OH is 1. The van der Waals surface area contributed by atoms with Crippen LogP contribution in [-0.4, -0.2) is 22.7 Å². The first kappa shape index (κ1) is 19.1. The number of aryl methyl sites for hydroxylation is 1. The molecule has 1 rings (SSSR count). The van der Waals surface area contributed by atoms with Gasteiger partial charge in [-0.1, -0.05) is 30.3 Å². The van der Waals surface area contributed by atoms with Crippen LogP contribution < -0.4 is 5.73 Å². The van der Waals surface area contributed by atoms with E-state index in [2.05, 4.69) is 4.99 Å². The summed E-state index contributed by atoms with van der Waals surface area (Å²) in [6.45, 7) is 3.01. The van der Waals surface area contributed by atoms with Gasteiger partial charge in [0.15, 0.2) is 0 Å². The van der Waals surface area contributed by atoms with Gasteiger partial charge >= 0.3 is 0 Å². The summed E-state index contributed by atoms with van der Waals surface area (Å²) in [6.07, 6.45) is 3.62. The Bertz CT molecular complexity index is 531. The molecule has 1 aromatic carbocycles. The number of nitriles is 1. The molecule has 126 valence electrons. The van der Waals surface area contributed by atoms with Gasteiger partial charge in [0.1, 0.15) is 11.5 Å². The third-order valence-corrected chi connectivity index (χ3v) is 3.85. The van der Waals surface area contributed by atoms with Crippen molar-refractivity contribution in [1.29, 1.82) is 5.26 Å². The van der Waals surface area contributed by atoms with Crippen molar-refractivity contribution in [3.8, 4) is 6.19 Å². The van der Waals surface area contributed by atoms with Crippen molar-refractivity contribution in [2.75, 3.05) is 0 Å². The minimum atomic E-state index is -1.31. The highest BCUT2D eigenvalue weighted by Gasteiger charge is 2.23. The monoisotopic (exact) mass is 319 g/mol. The molecule has 2 atom stereocenters. The normalized spacial score (nSPS) is 15.0. The van der Waals surface area contributed by atoms with E-state index < -0.39 is 11.8 Å². The second kappa shape index (κ2) is 9.26. The Hall–Kier alpha value is -1.93. The van der Waals surface area contributed by atoms with Gasteiger partial charge in [0.25, 0.3) is 0 Å². The average Bonchev–Trinajstić information content (AvgIpc) is 2.49. The maximum absolute atomic E-state index is 13.7. The highest BCUT2D eigenvalue weighted by Crippen LogP contribution is 2.24. The van der Waals surface area contributed by atoms with Crippen molar-refractivity contribution < 1.29 is 9.50 Å². The molecular weight excluding hydrogens is 293 g/mol. The quantitative estimate of drug-likeness (QED) is 0.416. The Kier molecular flexibility index (Phi) is 7.70. The summed E-state index contributed by atoms with van der Waals surface area (Å²) in [5, 5.41) is 18.9. The van der Waals surface area contributed by atoms with E-state index in [1.807, 2.05) is 30.3 Å². The number of nitrogens with two attached hydrogens (primary N) is 1. The lowest BCUT2D eigenvalue weighted by molar-refractivity contribution is 0.133. The third kappa shape index (κ3) is 8.32. The molecule has 0 fully saturated rings. The number of nitrogens with zero attached hydrogens (tertiary/aromatic N) is 2. The Morgan fingerprint density at radius 2 is 2.00 bits per heavy atom. The van der Waals surface area contributed by atoms with Gasteiger partial charge in [-0.15, -0.1) is 0 Å². The highest BCUT2D eigenvalue weighted by molar-refractivity contribution is 5.83. The van der Waals surface area contributed by atoms with Gasteiger partial charge in [0, 0.05) is 5.92 Å². The number of hydrogen-bond acceptors (Lipinski definition) is 3. The second-order valence-electron chi connectivity index (χ2n) is 6.50. The van der Waals surface area contributed by atoms with Gasteiger partial charge < -0.3 is 10.8 Å². The summed E-state index contributed by atoms with van der Waals surface area (Å²) in [5.41, 5.74) is 5.66. The molecule has 0 saturated heterocycles. The molecule has 0 amide bonds. The molecule has 3 N–H and O–H groups in total. The predicted molar refractivity (Wildman–Crippen MR) is 90.5 cm³/mol. The summed E-state index contributed by atoms with van der Waals surface area (Å²) >= 11 is 0. The number of hydrogen-bond donors (Lipinski definition) is 2. The van der Waals surface area contributed by atoms with Crippen LogP contribution in [0.5, 0.6) is 0 Å². The molecule has 4 nitrogen and oxygen atoms in total. The standard InChI is InChI=1S/C18H26FN3O/c1-18(2,19)11-10-15(17(21)22-13-20)12-16(23)9-8-14-6-4-3-5-7-14/h3-7,15-16,23H,8-12H2,1-2H3,(H2,21,22). The van der Waals surface area contributed by atoms with E-state index in [-0.39, 0.29) is 11.8 Å². The molecule has 0 radical (unpaired) electrons. The average molecular weight is 319 g/mol. The number of aliphatic hydroxyl groups is 1. The number of benzene rings is 1. The fourth-order valence-electron chi connectivity index (χ4n) is 2.48. The zero-order chi connectivity index (χ0) is 17.3. The Morgan fingerprint density at radius 3 is 2.57 bits per heavy atom. The van der Waals surface area contributed by atoms with E-state index in [9.17, 15) is 9.50 Å². The minimum absolute atomic E-state index is 0.176. The van der Waals surface area contributed by atoms with Crippen LogP contribution in [0.2, 0.25) is 0 Å². The van der Waals surface area contributed by atoms with Crippen LogP contribution in [-0.2, 0) is 6.42 Å². The van der Waals surface area contributed by atoms with E-state index in [0.29, 0.717) is 25.7 Å². The van der Waals surface area contributed by atoms with Gasteiger partial charge in [0.2, 0.25) is 6.19 Å². The molecular formula is C18H26FN3O. The molecule has 0 spiro atoms. The third-order valence-electron chi connectivity index (χ3n) is 3.85. The van der Waals surface area contributed by atoms with Gasteiger partial charge in [-0.3, -0.25) is 0 Å². The maximum Gasteiger partial charge on any atom is 0.207 e. The maximum atomic E-state index is 13.7. The fraction of sp³-hybridized carbons (Fsp3) is 0.556. The SMILES string of the molecule is CC(C)(F)CCC(CC(O)CCc1ccccc1)C(N)=NC#N. The molecule has 0 aliphatic rings. The number of rotatable bonds is 9. The fourth-order valence-corrected chi connectivity index (χ4v) is 2.48. The highest BCUT2D eigenvalue weighted by atomic mass is 19.1. The molecule has 0 aromatic heterocycles. The zero-order valence-electron chi connectivity index (χ0n) is 13.9. The van der Waals surface area contributed by atoms with Crippen molar-refractivity contribution in [2.45, 2.75) is 57.7 Å². The smallest absolute Gasteiger partial charge is 0.207 e. The lowest BCUT2D eigenvalue weighted by atomic mass is 9.89. The first-order valence-electron chi connectivity index (χ1n) is 7.95. The summed E-state index contributed by atoms with van der Waals surface area (Å²) in [7, 11) is 0. The van der Waals surface area contributed by atoms with Gasteiger partial charge in [-0.05, 0) is 51.5 Å². The van der Waals surface area contributed by atoms with Crippen LogP contribution in [0.15, 0.2) is 35.3 Å². The van der Waals surface area contributed by atoms with Crippen LogP contribution in [0, 0.1) is 17.4 Å². The lowest BCUT2D eigenvalue weighted by Crippen LogP contribution is -2.29. The summed E-state index contributed by atoms with van der Waals surface area (Å²) < 4.78 is 13.7. The van der Waals surface area contributed by atoms with Crippen molar-refractivity contribution >= 4 is 5.84 Å². The number of halogens is 1. The van der Waals surface area contributed by atoms with Crippen molar-refractivity contribution in [3.05, 3.63) is 35.9 Å². The molecule has 0 heterocycles. The van der Waals surface area contributed by atoms with Crippen LogP contribution in [0.3, 0.4) is 0 Å². The summed E-state index contributed by atoms with van der Waals surface area (Å²) in [4.78, 5) is 3.56. The molecule has 0 saturated carbocycles. The van der Waals surface area contributed by atoms with Crippen molar-refractivity contribution in [1.82, 2.24) is 0 Å². The van der Waals surface area contributed by atoms with Gasteiger partial charge in [-0.25, -0.2) is 4.39 Å². The van der Waals surface area contributed by atoms with E-state index >= 15 is 0 Å². The van der Waals surface area contributed by atoms with Crippen LogP contribution >= 0.6 is 0 Å². The van der Waals surface area contributed by atoms with E-state index in [0.717, 1.165) is 12.0 Å². The zero-order valence-corrected chi connectivity index (χ0v) is 13.9. The Balaban J connectivity index is 2.57. The van der Waals surface area contributed by atoms with Crippen molar-refractivity contribution in [2.24, 2.45) is 16.6 Å². The Labute approximate surface area is 137 Å². The van der Waals surface area contributed by atoms with Crippen LogP contribution in [0.1, 0.15) is 45.1 Å². The number of aliphatic imine (C=N–C) groups is 1. The molecule has 2 unspecified atom stereocenters. The van der Waals surface area contributed by atoms with Gasteiger partial charge in [-0.2, -0.15) is 10.3 Å². The summed E-state index contributed by atoms with van der Waals surface area (Å²) in [5.74, 6) is -0.106. The Morgan fingerprint density at radius 1 is 1.35 bits per heavy atom.